The molecule has 1 heteroatoms. The Morgan fingerprint density at radius 3 is 2.60 bits per heavy atom. The molecule has 0 spiro atoms. The van der Waals surface area contributed by atoms with Gasteiger partial charge in [-0.05, 0) is 80.8 Å². The third-order valence-electron chi connectivity index (χ3n) is 5.50. The summed E-state index contributed by atoms with van der Waals surface area (Å²) in [6.07, 6.45) is 12.7. The quantitative estimate of drug-likeness (QED) is 0.712. The number of aldehydes is 1. The smallest absolute Gasteiger partial charge is 0.123 e. The number of rotatable bonds is 4. The third kappa shape index (κ3) is 3.13. The fourth-order valence-corrected chi connectivity index (χ4v) is 4.20. The maximum absolute atomic E-state index is 10.8. The van der Waals surface area contributed by atoms with Crippen LogP contribution in [0, 0.1) is 11.8 Å². The highest BCUT2D eigenvalue weighted by Gasteiger charge is 2.24. The summed E-state index contributed by atoms with van der Waals surface area (Å²) in [5.74, 6) is 2.03. The maximum Gasteiger partial charge on any atom is 0.123 e. The van der Waals surface area contributed by atoms with Crippen molar-refractivity contribution < 1.29 is 4.79 Å². The Kier molecular flexibility index (Phi) is 4.54. The summed E-state index contributed by atoms with van der Waals surface area (Å²) >= 11 is 0. The number of aryl methyl sites for hydroxylation is 1. The van der Waals surface area contributed by atoms with E-state index in [9.17, 15) is 4.79 Å². The Morgan fingerprint density at radius 1 is 1.00 bits per heavy atom. The lowest BCUT2D eigenvalue weighted by Gasteiger charge is -2.29. The van der Waals surface area contributed by atoms with Gasteiger partial charge in [-0.3, -0.25) is 0 Å². The molecule has 1 fully saturated rings. The maximum atomic E-state index is 10.8. The van der Waals surface area contributed by atoms with Crippen LogP contribution in [0.1, 0.15) is 68.4 Å². The zero-order chi connectivity index (χ0) is 13.8. The first-order valence-electron chi connectivity index (χ1n) is 8.40. The molecule has 1 nitrogen and oxygen atoms in total. The molecule has 0 N–H and O–H groups in total. The van der Waals surface area contributed by atoms with Gasteiger partial charge in [0, 0.05) is 5.92 Å². The van der Waals surface area contributed by atoms with Crippen molar-refractivity contribution in [3.8, 4) is 0 Å². The molecule has 0 saturated heterocycles. The van der Waals surface area contributed by atoms with Gasteiger partial charge >= 0.3 is 0 Å². The molecule has 20 heavy (non-hydrogen) atoms. The van der Waals surface area contributed by atoms with Crippen LogP contribution in [0.5, 0.6) is 0 Å². The first-order valence-corrected chi connectivity index (χ1v) is 8.40. The van der Waals surface area contributed by atoms with E-state index >= 15 is 0 Å². The second-order valence-electron chi connectivity index (χ2n) is 6.78. The summed E-state index contributed by atoms with van der Waals surface area (Å²) < 4.78 is 0. The van der Waals surface area contributed by atoms with E-state index in [1.54, 1.807) is 11.1 Å². The van der Waals surface area contributed by atoms with Crippen LogP contribution in [0.15, 0.2) is 24.3 Å². The van der Waals surface area contributed by atoms with Crippen molar-refractivity contribution in [2.24, 2.45) is 11.8 Å². The van der Waals surface area contributed by atoms with Gasteiger partial charge in [-0.25, -0.2) is 0 Å². The van der Waals surface area contributed by atoms with Crippen molar-refractivity contribution in [3.05, 3.63) is 35.4 Å². The summed E-state index contributed by atoms with van der Waals surface area (Å²) in [6.45, 7) is 0. The van der Waals surface area contributed by atoms with E-state index in [0.717, 1.165) is 24.7 Å². The highest BCUT2D eigenvalue weighted by Crippen LogP contribution is 2.38. The second-order valence-corrected chi connectivity index (χ2v) is 6.78. The Labute approximate surface area is 122 Å². The van der Waals surface area contributed by atoms with Crippen molar-refractivity contribution in [1.29, 1.82) is 0 Å². The Balaban J connectivity index is 1.53. The number of carbonyl (C=O) groups excluding carboxylic acids is 1. The van der Waals surface area contributed by atoms with Crippen molar-refractivity contribution in [2.75, 3.05) is 0 Å². The molecular weight excluding hydrogens is 244 g/mol. The average molecular weight is 270 g/mol. The summed E-state index contributed by atoms with van der Waals surface area (Å²) in [5, 5.41) is 0. The normalized spacial score (nSPS) is 29.7. The van der Waals surface area contributed by atoms with E-state index in [1.165, 1.54) is 51.2 Å². The Bertz CT molecular complexity index is 443. The molecule has 0 aromatic heterocycles. The van der Waals surface area contributed by atoms with Crippen LogP contribution in [0.2, 0.25) is 0 Å². The van der Waals surface area contributed by atoms with Crippen LogP contribution >= 0.6 is 0 Å². The van der Waals surface area contributed by atoms with Gasteiger partial charge in [-0.1, -0.05) is 24.3 Å². The summed E-state index contributed by atoms with van der Waals surface area (Å²) in [4.78, 5) is 10.8. The lowest BCUT2D eigenvalue weighted by Crippen LogP contribution is -2.17. The summed E-state index contributed by atoms with van der Waals surface area (Å²) in [5.41, 5.74) is 3.22. The first-order chi connectivity index (χ1) is 9.86. The summed E-state index contributed by atoms with van der Waals surface area (Å²) in [6, 6.07) is 9.05. The van der Waals surface area contributed by atoms with Crippen molar-refractivity contribution in [1.82, 2.24) is 0 Å². The minimum absolute atomic E-state index is 0.363. The largest absolute Gasteiger partial charge is 0.303 e. The van der Waals surface area contributed by atoms with E-state index in [2.05, 4.69) is 24.3 Å². The van der Waals surface area contributed by atoms with Gasteiger partial charge < -0.3 is 4.79 Å². The number of hydrogen-bond donors (Lipinski definition) is 0. The topological polar surface area (TPSA) is 17.1 Å². The third-order valence-corrected chi connectivity index (χ3v) is 5.50. The second kappa shape index (κ2) is 6.56. The van der Waals surface area contributed by atoms with Gasteiger partial charge in [-0.2, -0.15) is 0 Å². The van der Waals surface area contributed by atoms with E-state index < -0.39 is 0 Å². The molecule has 1 unspecified atom stereocenters. The zero-order valence-electron chi connectivity index (χ0n) is 12.4. The minimum Gasteiger partial charge on any atom is -0.303 e. The van der Waals surface area contributed by atoms with Crippen LogP contribution in [0.4, 0.5) is 0 Å². The van der Waals surface area contributed by atoms with Gasteiger partial charge in [0.1, 0.15) is 6.29 Å². The van der Waals surface area contributed by atoms with Crippen LogP contribution in [0.3, 0.4) is 0 Å². The molecule has 3 rings (SSSR count). The molecule has 0 bridgehead atoms. The van der Waals surface area contributed by atoms with Gasteiger partial charge in [0.2, 0.25) is 0 Å². The molecule has 2 aliphatic carbocycles. The van der Waals surface area contributed by atoms with E-state index in [4.69, 9.17) is 0 Å². The average Bonchev–Trinajstić information content (AvgIpc) is 2.53. The number of hydrogen-bond acceptors (Lipinski definition) is 1. The van der Waals surface area contributed by atoms with Crippen LogP contribution < -0.4 is 0 Å². The lowest BCUT2D eigenvalue weighted by atomic mass is 9.76. The van der Waals surface area contributed by atoms with Crippen molar-refractivity contribution >= 4 is 6.29 Å². The SMILES string of the molecule is O=CC1CCC(CCC2CCCc3ccccc32)CC1. The molecule has 108 valence electrons. The predicted octanol–water partition coefficient (Wildman–Crippen LogP) is 4.89. The van der Waals surface area contributed by atoms with E-state index in [0.29, 0.717) is 5.92 Å². The lowest BCUT2D eigenvalue weighted by molar-refractivity contribution is -0.112. The van der Waals surface area contributed by atoms with E-state index in [-0.39, 0.29) is 0 Å². The first kappa shape index (κ1) is 13.9. The Hall–Kier alpha value is -1.11. The number of benzene rings is 1. The van der Waals surface area contributed by atoms with Crippen molar-refractivity contribution in [2.45, 2.75) is 63.7 Å². The highest BCUT2D eigenvalue weighted by molar-refractivity contribution is 5.53. The number of carbonyl (C=O) groups is 1. The summed E-state index contributed by atoms with van der Waals surface area (Å²) in [7, 11) is 0. The van der Waals surface area contributed by atoms with Gasteiger partial charge in [-0.15, -0.1) is 0 Å². The molecule has 0 heterocycles. The van der Waals surface area contributed by atoms with Gasteiger partial charge in [0.25, 0.3) is 0 Å². The fraction of sp³-hybridized carbons (Fsp3) is 0.632. The van der Waals surface area contributed by atoms with Gasteiger partial charge in [0.05, 0.1) is 0 Å². The zero-order valence-corrected chi connectivity index (χ0v) is 12.4. The van der Waals surface area contributed by atoms with E-state index in [1.807, 2.05) is 0 Å². The molecule has 0 amide bonds. The van der Waals surface area contributed by atoms with Crippen LogP contribution in [-0.2, 0) is 11.2 Å². The molecule has 0 radical (unpaired) electrons. The molecule has 1 saturated carbocycles. The predicted molar refractivity (Wildman–Crippen MR) is 82.9 cm³/mol. The molecule has 1 atom stereocenters. The highest BCUT2D eigenvalue weighted by atomic mass is 16.1. The monoisotopic (exact) mass is 270 g/mol. The molecule has 1 aromatic carbocycles. The van der Waals surface area contributed by atoms with Gasteiger partial charge in [0.15, 0.2) is 0 Å². The van der Waals surface area contributed by atoms with Crippen LogP contribution in [-0.4, -0.2) is 6.29 Å². The molecule has 0 aliphatic heterocycles. The standard InChI is InChI=1S/C19H26O/c20-14-16-10-8-15(9-11-16)12-13-18-6-3-5-17-4-1-2-7-19(17)18/h1-2,4,7,14-16,18H,3,5-6,8-13H2. The van der Waals surface area contributed by atoms with Crippen molar-refractivity contribution in [3.63, 3.8) is 0 Å². The Morgan fingerprint density at radius 2 is 1.80 bits per heavy atom. The van der Waals surface area contributed by atoms with Crippen LogP contribution in [0.25, 0.3) is 0 Å². The molecule has 1 aromatic rings. The molecule has 2 aliphatic rings. The minimum atomic E-state index is 0.363. The molecular formula is C19H26O. The fourth-order valence-electron chi connectivity index (χ4n) is 4.20. The number of fused-ring (bicyclic) bond motifs is 1.